The Morgan fingerprint density at radius 3 is 2.43 bits per heavy atom. The third-order valence-electron chi connectivity index (χ3n) is 5.18. The number of morpholine rings is 1. The fourth-order valence-corrected chi connectivity index (χ4v) is 4.51. The van der Waals surface area contributed by atoms with Crippen molar-refractivity contribution < 1.29 is 41.1 Å². The maximum absolute atomic E-state index is 13.2. The minimum Gasteiger partial charge on any atom is -0.370 e. The van der Waals surface area contributed by atoms with Gasteiger partial charge in [0.15, 0.2) is 0 Å². The standard InChI is InChI=1S/C22H22ClF5N4O4S/c23-17-6-5-16(37-17)21(35)29-9-15(31(10-18(24)25)12-22(26,27)28)20(34)30-13-1-3-14(4-2-13)32-7-8-36-11-19(32)33/h1-6,15,18H,7-12H2,(H,29,35)(H,30,34)/t15-/m1/s1. The summed E-state index contributed by atoms with van der Waals surface area (Å²) in [6.45, 7) is -3.24. The van der Waals surface area contributed by atoms with Crippen molar-refractivity contribution in [3.05, 3.63) is 45.6 Å². The van der Waals surface area contributed by atoms with Gasteiger partial charge in [-0.15, -0.1) is 11.3 Å². The quantitative estimate of drug-likeness (QED) is 0.427. The second-order valence-corrected chi connectivity index (χ2v) is 9.61. The molecule has 0 radical (unpaired) electrons. The number of amides is 3. The topological polar surface area (TPSA) is 91.0 Å². The number of halogens is 6. The van der Waals surface area contributed by atoms with E-state index in [-0.39, 0.29) is 32.3 Å². The Morgan fingerprint density at radius 2 is 1.86 bits per heavy atom. The molecule has 0 aliphatic carbocycles. The van der Waals surface area contributed by atoms with Crippen molar-refractivity contribution in [3.63, 3.8) is 0 Å². The molecule has 0 saturated carbocycles. The summed E-state index contributed by atoms with van der Waals surface area (Å²) in [5.74, 6) is -2.02. The molecule has 1 aromatic heterocycles. The maximum Gasteiger partial charge on any atom is 0.401 e. The van der Waals surface area contributed by atoms with Crippen LogP contribution in [0.5, 0.6) is 0 Å². The van der Waals surface area contributed by atoms with E-state index >= 15 is 0 Å². The second kappa shape index (κ2) is 12.6. The molecule has 1 atom stereocenters. The molecule has 1 aliphatic rings. The molecule has 8 nitrogen and oxygen atoms in total. The van der Waals surface area contributed by atoms with E-state index in [1.807, 2.05) is 0 Å². The van der Waals surface area contributed by atoms with E-state index in [9.17, 15) is 36.3 Å². The highest BCUT2D eigenvalue weighted by molar-refractivity contribution is 7.18. The monoisotopic (exact) mass is 568 g/mol. The van der Waals surface area contributed by atoms with Gasteiger partial charge in [-0.1, -0.05) is 11.6 Å². The van der Waals surface area contributed by atoms with Gasteiger partial charge in [0, 0.05) is 24.5 Å². The Balaban J connectivity index is 1.77. The summed E-state index contributed by atoms with van der Waals surface area (Å²) in [4.78, 5) is 39.2. The van der Waals surface area contributed by atoms with Crippen molar-refractivity contribution in [2.75, 3.05) is 49.6 Å². The highest BCUT2D eigenvalue weighted by atomic mass is 35.5. The number of anilines is 2. The third-order valence-corrected chi connectivity index (χ3v) is 6.41. The SMILES string of the molecule is O=C(NC[C@H](C(=O)Nc1ccc(N2CCOCC2=O)cc1)N(CC(F)F)CC(F)(F)F)c1ccc(Cl)s1. The number of nitrogens with zero attached hydrogens (tertiary/aromatic N) is 2. The lowest BCUT2D eigenvalue weighted by Gasteiger charge is -2.31. The van der Waals surface area contributed by atoms with Gasteiger partial charge in [-0.3, -0.25) is 19.3 Å². The van der Waals surface area contributed by atoms with Gasteiger partial charge in [-0.05, 0) is 36.4 Å². The number of carbonyl (C=O) groups is 3. The van der Waals surface area contributed by atoms with Crippen LogP contribution in [0.1, 0.15) is 9.67 Å². The van der Waals surface area contributed by atoms with Crippen LogP contribution in [0.25, 0.3) is 0 Å². The van der Waals surface area contributed by atoms with E-state index in [1.54, 1.807) is 0 Å². The molecule has 37 heavy (non-hydrogen) atoms. The fourth-order valence-electron chi connectivity index (χ4n) is 3.55. The number of benzene rings is 1. The predicted octanol–water partition coefficient (Wildman–Crippen LogP) is 3.63. The molecule has 2 N–H and O–H groups in total. The van der Waals surface area contributed by atoms with Crippen LogP contribution in [0.15, 0.2) is 36.4 Å². The van der Waals surface area contributed by atoms with Gasteiger partial charge in [-0.25, -0.2) is 8.78 Å². The molecule has 0 spiro atoms. The van der Waals surface area contributed by atoms with Crippen LogP contribution in [0.2, 0.25) is 4.34 Å². The summed E-state index contributed by atoms with van der Waals surface area (Å²) >= 11 is 6.69. The Hall–Kier alpha value is -2.81. The van der Waals surface area contributed by atoms with Crippen molar-refractivity contribution >= 4 is 52.0 Å². The molecule has 2 heterocycles. The molecule has 1 aromatic carbocycles. The van der Waals surface area contributed by atoms with Crippen LogP contribution in [-0.4, -0.2) is 80.7 Å². The van der Waals surface area contributed by atoms with Gasteiger partial charge < -0.3 is 20.3 Å². The Labute approximate surface area is 217 Å². The van der Waals surface area contributed by atoms with Crippen molar-refractivity contribution in [2.45, 2.75) is 18.6 Å². The van der Waals surface area contributed by atoms with Gasteiger partial charge in [-0.2, -0.15) is 13.2 Å². The third kappa shape index (κ3) is 8.62. The van der Waals surface area contributed by atoms with Gasteiger partial charge in [0.25, 0.3) is 18.2 Å². The zero-order valence-electron chi connectivity index (χ0n) is 19.1. The van der Waals surface area contributed by atoms with Crippen LogP contribution in [0.4, 0.5) is 33.3 Å². The van der Waals surface area contributed by atoms with E-state index < -0.39 is 50.1 Å². The first-order valence-electron chi connectivity index (χ1n) is 10.8. The van der Waals surface area contributed by atoms with Crippen molar-refractivity contribution in [2.24, 2.45) is 0 Å². The number of carbonyl (C=O) groups excluding carboxylic acids is 3. The van der Waals surface area contributed by atoms with Gasteiger partial charge in [0.05, 0.1) is 28.9 Å². The number of thiophene rings is 1. The molecule has 0 unspecified atom stereocenters. The number of hydrogen-bond acceptors (Lipinski definition) is 6. The van der Waals surface area contributed by atoms with Crippen LogP contribution >= 0.6 is 22.9 Å². The number of hydrogen-bond donors (Lipinski definition) is 2. The minimum absolute atomic E-state index is 0.0806. The van der Waals surface area contributed by atoms with Crippen molar-refractivity contribution in [1.29, 1.82) is 0 Å². The van der Waals surface area contributed by atoms with E-state index in [2.05, 4.69) is 10.6 Å². The fraction of sp³-hybridized carbons (Fsp3) is 0.409. The molecule has 1 fully saturated rings. The second-order valence-electron chi connectivity index (χ2n) is 7.90. The Morgan fingerprint density at radius 1 is 1.16 bits per heavy atom. The number of ether oxygens (including phenoxy) is 1. The van der Waals surface area contributed by atoms with E-state index in [0.29, 0.717) is 18.8 Å². The largest absolute Gasteiger partial charge is 0.401 e. The normalized spacial score (nSPS) is 15.2. The van der Waals surface area contributed by atoms with E-state index in [0.717, 1.165) is 11.3 Å². The molecule has 2 aromatic rings. The summed E-state index contributed by atoms with van der Waals surface area (Å²) in [6.07, 6.45) is -8.06. The molecule has 0 bridgehead atoms. The van der Waals surface area contributed by atoms with Crippen LogP contribution in [0.3, 0.4) is 0 Å². The molecular formula is C22H22ClF5N4O4S. The molecular weight excluding hydrogens is 547 g/mol. The van der Waals surface area contributed by atoms with Gasteiger partial charge in [0.1, 0.15) is 12.6 Å². The first-order chi connectivity index (χ1) is 17.4. The van der Waals surface area contributed by atoms with Crippen LogP contribution < -0.4 is 15.5 Å². The summed E-state index contributed by atoms with van der Waals surface area (Å²) in [6, 6.07) is 6.90. The molecule has 1 saturated heterocycles. The first kappa shape index (κ1) is 28.8. The Kier molecular flexibility index (Phi) is 9.81. The lowest BCUT2D eigenvalue weighted by molar-refractivity contribution is -0.157. The van der Waals surface area contributed by atoms with Gasteiger partial charge >= 0.3 is 6.18 Å². The van der Waals surface area contributed by atoms with Crippen LogP contribution in [0, 0.1) is 0 Å². The minimum atomic E-state index is -4.88. The zero-order chi connectivity index (χ0) is 27.2. The van der Waals surface area contributed by atoms with E-state index in [1.165, 1.54) is 41.3 Å². The smallest absolute Gasteiger partial charge is 0.370 e. The average Bonchev–Trinajstić information content (AvgIpc) is 3.25. The number of nitrogens with one attached hydrogen (secondary N) is 2. The summed E-state index contributed by atoms with van der Waals surface area (Å²) in [5, 5.41) is 4.72. The number of alkyl halides is 5. The Bertz CT molecular complexity index is 1100. The summed E-state index contributed by atoms with van der Waals surface area (Å²) < 4.78 is 71.2. The average molecular weight is 569 g/mol. The molecule has 3 amide bonds. The van der Waals surface area contributed by atoms with Crippen molar-refractivity contribution in [3.8, 4) is 0 Å². The van der Waals surface area contributed by atoms with Gasteiger partial charge in [0.2, 0.25) is 5.91 Å². The number of rotatable bonds is 10. The highest BCUT2D eigenvalue weighted by Gasteiger charge is 2.38. The highest BCUT2D eigenvalue weighted by Crippen LogP contribution is 2.23. The molecule has 1 aliphatic heterocycles. The molecule has 3 rings (SSSR count). The predicted molar refractivity (Wildman–Crippen MR) is 127 cm³/mol. The summed E-state index contributed by atoms with van der Waals surface area (Å²) in [7, 11) is 0. The summed E-state index contributed by atoms with van der Waals surface area (Å²) in [5.41, 5.74) is 0.668. The van der Waals surface area contributed by atoms with E-state index in [4.69, 9.17) is 16.3 Å². The molecule has 15 heteroatoms. The lowest BCUT2D eigenvalue weighted by Crippen LogP contribution is -2.54. The zero-order valence-corrected chi connectivity index (χ0v) is 20.6. The maximum atomic E-state index is 13.2. The van der Waals surface area contributed by atoms with Crippen molar-refractivity contribution in [1.82, 2.24) is 10.2 Å². The van der Waals surface area contributed by atoms with Crippen LogP contribution in [-0.2, 0) is 14.3 Å². The lowest BCUT2D eigenvalue weighted by atomic mass is 10.2. The first-order valence-corrected chi connectivity index (χ1v) is 12.0. The molecule has 202 valence electrons.